The molecule has 0 unspecified atom stereocenters. The van der Waals surface area contributed by atoms with Crippen LogP contribution in [-0.2, 0) is 18.4 Å². The summed E-state index contributed by atoms with van der Waals surface area (Å²) >= 11 is 6.80. The molecule has 1 N–H and O–H groups in total. The molecule has 2 atom stereocenters. The molecule has 3 aromatic rings. The number of phenols is 1. The van der Waals surface area contributed by atoms with Crippen LogP contribution in [0.25, 0.3) is 11.3 Å². The molecule has 3 aliphatic rings. The number of rotatable bonds is 3. The van der Waals surface area contributed by atoms with Crippen molar-refractivity contribution in [2.45, 2.75) is 25.6 Å². The molecule has 1 fully saturated rings. The minimum absolute atomic E-state index is 0.0292. The Balaban J connectivity index is 1.53. The number of hydrogen-bond donors (Lipinski definition) is 1. The summed E-state index contributed by atoms with van der Waals surface area (Å²) < 4.78 is 23.0. The van der Waals surface area contributed by atoms with Crippen LogP contribution in [0.3, 0.4) is 0 Å². The molecule has 0 spiro atoms. The van der Waals surface area contributed by atoms with Crippen LogP contribution in [0.1, 0.15) is 34.6 Å². The molecule has 0 aliphatic carbocycles. The third-order valence-corrected chi connectivity index (χ3v) is 8.12. The number of piperazine rings is 1. The number of aromatic nitrogens is 3. The Kier molecular flexibility index (Phi) is 5.98. The van der Waals surface area contributed by atoms with E-state index >= 15 is 4.39 Å². The number of phenolic OH excluding ortho intramolecular Hbond substituents is 1. The van der Waals surface area contributed by atoms with E-state index in [4.69, 9.17) is 21.3 Å². The van der Waals surface area contributed by atoms with Gasteiger partial charge in [-0.1, -0.05) is 24.2 Å². The van der Waals surface area contributed by atoms with Crippen molar-refractivity contribution in [3.63, 3.8) is 0 Å². The van der Waals surface area contributed by atoms with Gasteiger partial charge in [-0.15, -0.1) is 0 Å². The van der Waals surface area contributed by atoms with Gasteiger partial charge in [0, 0.05) is 32.2 Å². The molecular formula is C27H26ClFN6O4. The molecule has 5 heterocycles. The third kappa shape index (κ3) is 3.82. The number of aromatic hydroxyl groups is 1. The summed E-state index contributed by atoms with van der Waals surface area (Å²) in [7, 11) is 1.84. The Morgan fingerprint density at radius 3 is 2.79 bits per heavy atom. The fourth-order valence-electron chi connectivity index (χ4n) is 5.64. The van der Waals surface area contributed by atoms with Crippen molar-refractivity contribution in [3.8, 4) is 22.8 Å². The lowest BCUT2D eigenvalue weighted by atomic mass is 10.0. The predicted molar refractivity (Wildman–Crippen MR) is 141 cm³/mol. The minimum atomic E-state index is -0.715. The highest BCUT2D eigenvalue weighted by atomic mass is 35.5. The molecular weight excluding hydrogens is 527 g/mol. The second-order valence-electron chi connectivity index (χ2n) is 9.86. The smallest absolute Gasteiger partial charge is 0.261 e. The number of carbonyl (C=O) groups excluding carboxylic acids is 2. The van der Waals surface area contributed by atoms with Gasteiger partial charge in [-0.05, 0) is 25.1 Å². The van der Waals surface area contributed by atoms with Gasteiger partial charge >= 0.3 is 0 Å². The average molecular weight is 553 g/mol. The van der Waals surface area contributed by atoms with E-state index < -0.39 is 11.9 Å². The number of aryl methyl sites for hydroxylation is 1. The van der Waals surface area contributed by atoms with Gasteiger partial charge in [-0.2, -0.15) is 5.10 Å². The number of amides is 2. The quantitative estimate of drug-likeness (QED) is 0.497. The van der Waals surface area contributed by atoms with Gasteiger partial charge in [0.1, 0.15) is 40.3 Å². The van der Waals surface area contributed by atoms with Gasteiger partial charge in [0.2, 0.25) is 5.91 Å². The summed E-state index contributed by atoms with van der Waals surface area (Å²) in [6.07, 6.45) is 3.03. The van der Waals surface area contributed by atoms with E-state index in [0.717, 1.165) is 11.3 Å². The maximum Gasteiger partial charge on any atom is 0.261 e. The van der Waals surface area contributed by atoms with E-state index in [-0.39, 0.29) is 70.2 Å². The van der Waals surface area contributed by atoms with Gasteiger partial charge in [0.25, 0.3) is 5.91 Å². The number of pyridine rings is 1. The lowest BCUT2D eigenvalue weighted by Gasteiger charge is -2.39. The summed E-state index contributed by atoms with van der Waals surface area (Å²) in [4.78, 5) is 36.4. The Bertz CT molecular complexity index is 1520. The zero-order chi connectivity index (χ0) is 27.6. The summed E-state index contributed by atoms with van der Waals surface area (Å²) in [6.45, 7) is 6.89. The second kappa shape index (κ2) is 9.26. The summed E-state index contributed by atoms with van der Waals surface area (Å²) in [5, 5.41) is 14.9. The van der Waals surface area contributed by atoms with Crippen LogP contribution < -0.4 is 9.64 Å². The topological polar surface area (TPSA) is 104 Å². The van der Waals surface area contributed by atoms with Crippen LogP contribution in [0, 0.1) is 5.82 Å². The molecule has 1 aromatic carbocycles. The van der Waals surface area contributed by atoms with E-state index in [1.54, 1.807) is 20.7 Å². The second-order valence-corrected chi connectivity index (χ2v) is 10.2. The minimum Gasteiger partial charge on any atom is -0.507 e. The van der Waals surface area contributed by atoms with E-state index in [2.05, 4.69) is 11.7 Å². The number of fused-ring (bicyclic) bond motifs is 3. The van der Waals surface area contributed by atoms with E-state index in [1.165, 1.54) is 24.3 Å². The van der Waals surface area contributed by atoms with E-state index in [0.29, 0.717) is 19.6 Å². The summed E-state index contributed by atoms with van der Waals surface area (Å²) in [5.41, 5.74) is 1.89. The third-order valence-electron chi connectivity index (χ3n) is 7.77. The van der Waals surface area contributed by atoms with Crippen LogP contribution in [0.5, 0.6) is 11.5 Å². The van der Waals surface area contributed by atoms with Crippen molar-refractivity contribution in [1.82, 2.24) is 24.6 Å². The highest BCUT2D eigenvalue weighted by Gasteiger charge is 2.42. The van der Waals surface area contributed by atoms with Gasteiger partial charge in [0.05, 0.1) is 36.1 Å². The van der Waals surface area contributed by atoms with Crippen molar-refractivity contribution in [2.24, 2.45) is 7.05 Å². The van der Waals surface area contributed by atoms with Crippen LogP contribution >= 0.6 is 11.6 Å². The molecule has 2 amide bonds. The number of halogens is 2. The molecule has 39 heavy (non-hydrogen) atoms. The van der Waals surface area contributed by atoms with Gasteiger partial charge in [0.15, 0.2) is 5.75 Å². The SMILES string of the molecule is C=CC(=O)N1CCN2C(=O)c3c(N4Cc5c(cnn5C)[C@H]4C)nc(-c4c(O)cccc4F)c(Cl)c3OC[C@H]2C1. The lowest BCUT2D eigenvalue weighted by Crippen LogP contribution is -2.57. The van der Waals surface area contributed by atoms with Gasteiger partial charge in [-0.25, -0.2) is 9.37 Å². The van der Waals surface area contributed by atoms with Crippen LogP contribution in [0.2, 0.25) is 5.02 Å². The van der Waals surface area contributed by atoms with E-state index in [9.17, 15) is 14.7 Å². The first-order valence-corrected chi connectivity index (χ1v) is 12.9. The molecule has 10 nitrogen and oxygen atoms in total. The summed E-state index contributed by atoms with van der Waals surface area (Å²) in [5.74, 6) is -1.28. The Morgan fingerprint density at radius 2 is 2.08 bits per heavy atom. The Hall–Kier alpha value is -4.12. The first-order valence-electron chi connectivity index (χ1n) is 12.5. The molecule has 12 heteroatoms. The van der Waals surface area contributed by atoms with Gasteiger partial charge in [-0.3, -0.25) is 14.3 Å². The predicted octanol–water partition coefficient (Wildman–Crippen LogP) is 3.29. The molecule has 202 valence electrons. The zero-order valence-electron chi connectivity index (χ0n) is 21.4. The number of hydrogen-bond acceptors (Lipinski definition) is 7. The van der Waals surface area contributed by atoms with Crippen LogP contribution in [0.4, 0.5) is 10.2 Å². The first kappa shape index (κ1) is 25.2. The molecule has 1 saturated heterocycles. The monoisotopic (exact) mass is 552 g/mol. The van der Waals surface area contributed by atoms with Crippen molar-refractivity contribution >= 4 is 29.2 Å². The Labute approximate surface area is 228 Å². The molecule has 2 aromatic heterocycles. The summed E-state index contributed by atoms with van der Waals surface area (Å²) in [6, 6.07) is 3.29. The first-order chi connectivity index (χ1) is 18.7. The maximum absolute atomic E-state index is 15.1. The van der Waals surface area contributed by atoms with Gasteiger partial charge < -0.3 is 24.5 Å². The zero-order valence-corrected chi connectivity index (χ0v) is 22.2. The van der Waals surface area contributed by atoms with E-state index in [1.807, 2.05) is 18.9 Å². The lowest BCUT2D eigenvalue weighted by molar-refractivity contribution is -0.128. The Morgan fingerprint density at radius 1 is 1.28 bits per heavy atom. The standard InChI is InChI=1S/C27H26ClFN6O4/c1-4-20(37)33-8-9-34-15(11-33)13-39-25-22(27(34)38)26(35-12-18-16(14(35)2)10-30-32(18)3)31-24(23(25)28)21-17(29)6-5-7-19(21)36/h4-7,10,14-15,36H,1,8-9,11-13H2,2-3H3/t14-,15-/m1/s1. The largest absolute Gasteiger partial charge is 0.507 e. The molecule has 3 aliphatic heterocycles. The maximum atomic E-state index is 15.1. The fraction of sp³-hybridized carbons (Fsp3) is 0.333. The normalized spacial score (nSPS) is 20.2. The van der Waals surface area contributed by atoms with Crippen molar-refractivity contribution in [3.05, 3.63) is 64.7 Å². The number of anilines is 1. The van der Waals surface area contributed by atoms with Crippen molar-refractivity contribution in [2.75, 3.05) is 31.1 Å². The molecule has 0 radical (unpaired) electrons. The fourth-order valence-corrected chi connectivity index (χ4v) is 5.93. The average Bonchev–Trinajstić information content (AvgIpc) is 3.41. The highest BCUT2D eigenvalue weighted by Crippen LogP contribution is 2.48. The van der Waals surface area contributed by atoms with Crippen LogP contribution in [0.15, 0.2) is 37.1 Å². The molecule has 6 rings (SSSR count). The molecule has 0 saturated carbocycles. The number of ether oxygens (including phenoxy) is 1. The van der Waals surface area contributed by atoms with Crippen molar-refractivity contribution in [1.29, 1.82) is 0 Å². The molecule has 0 bridgehead atoms. The number of nitrogens with zero attached hydrogens (tertiary/aromatic N) is 6. The van der Waals surface area contributed by atoms with Crippen LogP contribution in [-0.4, -0.2) is 73.8 Å². The number of carbonyl (C=O) groups is 2. The van der Waals surface area contributed by atoms with Crippen molar-refractivity contribution < 1.29 is 23.8 Å². The number of benzene rings is 1. The highest BCUT2D eigenvalue weighted by molar-refractivity contribution is 6.35.